The van der Waals surface area contributed by atoms with Crippen LogP contribution in [-0.4, -0.2) is 59.3 Å². The van der Waals surface area contributed by atoms with Crippen molar-refractivity contribution in [1.29, 1.82) is 0 Å². The first kappa shape index (κ1) is 25.5. The fourth-order valence-electron chi connectivity index (χ4n) is 4.75. The maximum absolute atomic E-state index is 10.7. The van der Waals surface area contributed by atoms with E-state index in [0.29, 0.717) is 31.1 Å². The molecule has 0 bridgehead atoms. The highest BCUT2D eigenvalue weighted by Gasteiger charge is 2.16. The predicted octanol–water partition coefficient (Wildman–Crippen LogP) is 2.32. The Morgan fingerprint density at radius 1 is 0.697 bits per heavy atom. The average molecular weight is 456 g/mol. The zero-order chi connectivity index (χ0) is 23.8. The molecule has 1 aliphatic rings. The van der Waals surface area contributed by atoms with E-state index in [1.807, 2.05) is 26.0 Å². The standard InChI is InChI=1S/C26H41N5O2/c1-19-11-21(15-27)25(32)23(13-19)17-30-7-3-5-29-6-10-31(9-4-8-30)18-24-14-20(2)12-22(16-28)26(24)33/h11-14,29,32-33H,3-10,15-18,27-28H2,1-2H3. The number of hydrogen-bond acceptors (Lipinski definition) is 7. The molecule has 0 amide bonds. The fraction of sp³-hybridized carbons (Fsp3) is 0.538. The molecular formula is C26H41N5O2. The van der Waals surface area contributed by atoms with Gasteiger partial charge in [0, 0.05) is 61.5 Å². The highest BCUT2D eigenvalue weighted by atomic mass is 16.3. The number of phenols is 2. The molecule has 0 spiro atoms. The number of nitrogens with one attached hydrogen (secondary N) is 1. The number of rotatable bonds is 6. The molecule has 1 heterocycles. The lowest BCUT2D eigenvalue weighted by Crippen LogP contribution is -2.33. The Bertz CT molecular complexity index is 845. The topological polar surface area (TPSA) is 111 Å². The zero-order valence-electron chi connectivity index (χ0n) is 20.2. The summed E-state index contributed by atoms with van der Waals surface area (Å²) in [5, 5.41) is 24.9. The van der Waals surface area contributed by atoms with Crippen LogP contribution in [0.15, 0.2) is 24.3 Å². The largest absolute Gasteiger partial charge is 0.507 e. The predicted molar refractivity (Wildman–Crippen MR) is 134 cm³/mol. The minimum absolute atomic E-state index is 0.331. The van der Waals surface area contributed by atoms with Gasteiger partial charge in [-0.05, 0) is 52.9 Å². The van der Waals surface area contributed by atoms with Crippen molar-refractivity contribution in [3.8, 4) is 11.5 Å². The lowest BCUT2D eigenvalue weighted by Gasteiger charge is -2.26. The van der Waals surface area contributed by atoms with E-state index in [4.69, 9.17) is 11.5 Å². The monoisotopic (exact) mass is 455 g/mol. The summed E-state index contributed by atoms with van der Waals surface area (Å²) in [5.74, 6) is 0.667. The number of nitrogens with zero attached hydrogens (tertiary/aromatic N) is 2. The van der Waals surface area contributed by atoms with E-state index in [9.17, 15) is 10.2 Å². The first-order chi connectivity index (χ1) is 15.9. The Hall–Kier alpha value is -2.16. The van der Waals surface area contributed by atoms with Gasteiger partial charge < -0.3 is 27.0 Å². The highest BCUT2D eigenvalue weighted by Crippen LogP contribution is 2.27. The molecule has 1 aliphatic heterocycles. The van der Waals surface area contributed by atoms with Crippen LogP contribution >= 0.6 is 0 Å². The molecule has 182 valence electrons. The first-order valence-corrected chi connectivity index (χ1v) is 12.1. The average Bonchev–Trinajstić information content (AvgIpc) is 2.84. The number of aromatic hydroxyl groups is 2. The molecule has 2 aromatic rings. The Kier molecular flexibility index (Phi) is 9.52. The minimum atomic E-state index is 0.331. The molecule has 3 rings (SSSR count). The van der Waals surface area contributed by atoms with Crippen LogP contribution in [0.5, 0.6) is 11.5 Å². The van der Waals surface area contributed by atoms with Crippen LogP contribution in [0.4, 0.5) is 0 Å². The van der Waals surface area contributed by atoms with Gasteiger partial charge in [0.05, 0.1) is 0 Å². The Labute approximate surface area is 198 Å². The smallest absolute Gasteiger partial charge is 0.124 e. The van der Waals surface area contributed by atoms with Gasteiger partial charge in [0.2, 0.25) is 0 Å². The number of benzene rings is 2. The van der Waals surface area contributed by atoms with Gasteiger partial charge in [0.25, 0.3) is 0 Å². The van der Waals surface area contributed by atoms with E-state index in [0.717, 1.165) is 92.0 Å². The van der Waals surface area contributed by atoms with E-state index in [1.54, 1.807) is 0 Å². The van der Waals surface area contributed by atoms with Crippen molar-refractivity contribution in [3.05, 3.63) is 57.6 Å². The van der Waals surface area contributed by atoms with Gasteiger partial charge in [-0.1, -0.05) is 35.4 Å². The van der Waals surface area contributed by atoms with Crippen LogP contribution in [-0.2, 0) is 26.2 Å². The van der Waals surface area contributed by atoms with Crippen molar-refractivity contribution < 1.29 is 10.2 Å². The minimum Gasteiger partial charge on any atom is -0.507 e. The van der Waals surface area contributed by atoms with Gasteiger partial charge in [-0.3, -0.25) is 9.80 Å². The molecule has 1 saturated heterocycles. The number of aryl methyl sites for hydroxylation is 2. The first-order valence-electron chi connectivity index (χ1n) is 12.1. The molecule has 0 saturated carbocycles. The van der Waals surface area contributed by atoms with Crippen LogP contribution in [0.25, 0.3) is 0 Å². The van der Waals surface area contributed by atoms with E-state index >= 15 is 0 Å². The number of phenolic OH excluding ortho intramolecular Hbond substituents is 2. The summed E-state index contributed by atoms with van der Waals surface area (Å²) in [6, 6.07) is 8.06. The van der Waals surface area contributed by atoms with Crippen molar-refractivity contribution in [2.45, 2.75) is 52.9 Å². The van der Waals surface area contributed by atoms with Crippen molar-refractivity contribution >= 4 is 0 Å². The Morgan fingerprint density at radius 2 is 1.15 bits per heavy atom. The summed E-state index contributed by atoms with van der Waals surface area (Å²) in [5.41, 5.74) is 17.4. The molecule has 0 unspecified atom stereocenters. The summed E-state index contributed by atoms with van der Waals surface area (Å²) >= 11 is 0. The fourth-order valence-corrected chi connectivity index (χ4v) is 4.75. The van der Waals surface area contributed by atoms with E-state index in [1.165, 1.54) is 0 Å². The van der Waals surface area contributed by atoms with Gasteiger partial charge in [-0.2, -0.15) is 0 Å². The van der Waals surface area contributed by atoms with Gasteiger partial charge in [-0.25, -0.2) is 0 Å². The summed E-state index contributed by atoms with van der Waals surface area (Å²) in [4.78, 5) is 4.83. The zero-order valence-corrected chi connectivity index (χ0v) is 20.2. The molecule has 1 fully saturated rings. The van der Waals surface area contributed by atoms with Gasteiger partial charge >= 0.3 is 0 Å². The summed E-state index contributed by atoms with van der Waals surface area (Å²) in [6.45, 7) is 11.9. The van der Waals surface area contributed by atoms with Gasteiger partial charge in [-0.15, -0.1) is 0 Å². The van der Waals surface area contributed by atoms with Crippen LogP contribution < -0.4 is 16.8 Å². The number of nitrogens with two attached hydrogens (primary N) is 2. The highest BCUT2D eigenvalue weighted by molar-refractivity contribution is 5.44. The Morgan fingerprint density at radius 3 is 1.67 bits per heavy atom. The van der Waals surface area contributed by atoms with Crippen molar-refractivity contribution in [2.75, 3.05) is 39.3 Å². The lowest BCUT2D eigenvalue weighted by molar-refractivity contribution is 0.221. The van der Waals surface area contributed by atoms with Crippen LogP contribution in [0, 0.1) is 13.8 Å². The van der Waals surface area contributed by atoms with Crippen LogP contribution in [0.2, 0.25) is 0 Å². The summed E-state index contributed by atoms with van der Waals surface area (Å²) < 4.78 is 0. The molecule has 0 aromatic heterocycles. The van der Waals surface area contributed by atoms with Crippen molar-refractivity contribution in [2.24, 2.45) is 11.5 Å². The normalized spacial score (nSPS) is 17.1. The van der Waals surface area contributed by atoms with Crippen molar-refractivity contribution in [3.63, 3.8) is 0 Å². The van der Waals surface area contributed by atoms with Gasteiger partial charge in [0.1, 0.15) is 11.5 Å². The van der Waals surface area contributed by atoms with Gasteiger partial charge in [0.15, 0.2) is 0 Å². The molecule has 0 radical (unpaired) electrons. The maximum Gasteiger partial charge on any atom is 0.124 e. The van der Waals surface area contributed by atoms with Crippen molar-refractivity contribution in [1.82, 2.24) is 15.1 Å². The molecule has 2 aromatic carbocycles. The SMILES string of the molecule is Cc1cc(CN)c(O)c(CN2CCCNCCN(Cc3cc(C)cc(CN)c3O)CCC2)c1. The third-order valence-electron chi connectivity index (χ3n) is 6.43. The maximum atomic E-state index is 10.7. The second-order valence-electron chi connectivity index (χ2n) is 9.28. The molecule has 33 heavy (non-hydrogen) atoms. The quantitative estimate of drug-likeness (QED) is 0.455. The van der Waals surface area contributed by atoms with Crippen LogP contribution in [0.1, 0.15) is 46.2 Å². The Balaban J connectivity index is 1.68. The van der Waals surface area contributed by atoms with E-state index in [-0.39, 0.29) is 0 Å². The van der Waals surface area contributed by atoms with Crippen LogP contribution in [0.3, 0.4) is 0 Å². The third kappa shape index (κ3) is 7.16. The second-order valence-corrected chi connectivity index (χ2v) is 9.28. The summed E-state index contributed by atoms with van der Waals surface area (Å²) in [7, 11) is 0. The second kappa shape index (κ2) is 12.3. The van der Waals surface area contributed by atoms with E-state index < -0.39 is 0 Å². The van der Waals surface area contributed by atoms with E-state index in [2.05, 4.69) is 27.2 Å². The lowest BCUT2D eigenvalue weighted by atomic mass is 10.0. The molecule has 0 aliphatic carbocycles. The molecule has 7 N–H and O–H groups in total. The molecule has 7 heteroatoms. The number of hydrogen-bond donors (Lipinski definition) is 5. The third-order valence-corrected chi connectivity index (χ3v) is 6.43. The molecular weight excluding hydrogens is 414 g/mol. The molecule has 0 atom stereocenters. The summed E-state index contributed by atoms with van der Waals surface area (Å²) in [6.07, 6.45) is 2.08. The molecule has 7 nitrogen and oxygen atoms in total.